The smallest absolute Gasteiger partial charge is 0.229 e. The minimum Gasteiger partial charge on any atom is -0.378 e. The number of aryl methyl sites for hydroxylation is 2. The molecule has 2 atom stereocenters. The van der Waals surface area contributed by atoms with E-state index in [0.717, 1.165) is 61.0 Å². The highest BCUT2D eigenvalue weighted by atomic mass is 16.5. The maximum absolute atomic E-state index is 12.7. The Morgan fingerprint density at radius 3 is 1.93 bits per heavy atom. The number of fused-ring (bicyclic) bond motifs is 2. The zero-order valence-electron chi connectivity index (χ0n) is 16.7. The Bertz CT molecular complexity index is 792. The second kappa shape index (κ2) is 8.77. The van der Waals surface area contributed by atoms with Crippen molar-refractivity contribution < 1.29 is 14.3 Å². The number of methoxy groups -OCH3 is 1. The first-order valence-corrected chi connectivity index (χ1v) is 10.3. The van der Waals surface area contributed by atoms with Crippen LogP contribution in [0.2, 0.25) is 0 Å². The summed E-state index contributed by atoms with van der Waals surface area (Å²) in [5, 5.41) is 20.0. The van der Waals surface area contributed by atoms with Crippen LogP contribution in [-0.4, -0.2) is 58.5 Å². The topological polar surface area (TPSA) is 125 Å². The van der Waals surface area contributed by atoms with Crippen molar-refractivity contribution in [3.05, 3.63) is 34.9 Å². The van der Waals surface area contributed by atoms with E-state index in [1.807, 2.05) is 0 Å². The molecule has 2 aromatic heterocycles. The molecule has 4 rings (SSSR count). The minimum absolute atomic E-state index is 0.0297. The molecule has 2 aliphatic rings. The van der Waals surface area contributed by atoms with Gasteiger partial charge in [-0.1, -0.05) is 0 Å². The third kappa shape index (κ3) is 4.19. The van der Waals surface area contributed by atoms with E-state index in [-0.39, 0.29) is 29.8 Å². The lowest BCUT2D eigenvalue weighted by Gasteiger charge is -2.24. The SMILES string of the molecule is COC(CNC(=O)C1CCCc2cn[nH]c21)CNC(=O)C1CCCc2cn[nH]c21. The number of amides is 2. The molecule has 0 bridgehead atoms. The molecule has 156 valence electrons. The van der Waals surface area contributed by atoms with Gasteiger partial charge in [-0.3, -0.25) is 19.8 Å². The number of nitrogens with one attached hydrogen (secondary N) is 4. The Morgan fingerprint density at radius 2 is 1.48 bits per heavy atom. The Kier molecular flexibility index (Phi) is 5.94. The van der Waals surface area contributed by atoms with Gasteiger partial charge in [0.25, 0.3) is 0 Å². The van der Waals surface area contributed by atoms with Gasteiger partial charge in [-0.15, -0.1) is 0 Å². The highest BCUT2D eigenvalue weighted by molar-refractivity contribution is 5.84. The van der Waals surface area contributed by atoms with Gasteiger partial charge in [0, 0.05) is 20.2 Å². The van der Waals surface area contributed by atoms with Gasteiger partial charge in [0.05, 0.1) is 41.7 Å². The van der Waals surface area contributed by atoms with Crippen molar-refractivity contribution in [2.45, 2.75) is 56.5 Å². The second-order valence-corrected chi connectivity index (χ2v) is 7.86. The fourth-order valence-corrected chi connectivity index (χ4v) is 4.36. The maximum Gasteiger partial charge on any atom is 0.229 e. The van der Waals surface area contributed by atoms with Gasteiger partial charge >= 0.3 is 0 Å². The number of aromatic amines is 2. The molecule has 2 unspecified atom stereocenters. The normalized spacial score (nSPS) is 21.7. The van der Waals surface area contributed by atoms with Crippen LogP contribution >= 0.6 is 0 Å². The molecule has 9 nitrogen and oxygen atoms in total. The van der Waals surface area contributed by atoms with Gasteiger partial charge < -0.3 is 15.4 Å². The molecule has 0 saturated heterocycles. The Morgan fingerprint density at radius 1 is 1.00 bits per heavy atom. The van der Waals surface area contributed by atoms with Crippen LogP contribution in [-0.2, 0) is 27.2 Å². The number of nitrogens with zero attached hydrogens (tertiary/aromatic N) is 2. The molecule has 0 saturated carbocycles. The molecule has 2 aromatic rings. The van der Waals surface area contributed by atoms with E-state index in [1.165, 1.54) is 0 Å². The van der Waals surface area contributed by atoms with Gasteiger partial charge in [0.2, 0.25) is 11.8 Å². The number of H-pyrrole nitrogens is 2. The van der Waals surface area contributed by atoms with E-state index in [4.69, 9.17) is 4.74 Å². The summed E-state index contributed by atoms with van der Waals surface area (Å²) in [5.41, 5.74) is 4.09. The summed E-state index contributed by atoms with van der Waals surface area (Å²) in [6, 6.07) is 0. The number of carbonyl (C=O) groups excluding carboxylic acids is 2. The van der Waals surface area contributed by atoms with E-state index >= 15 is 0 Å². The van der Waals surface area contributed by atoms with Gasteiger partial charge in [0.15, 0.2) is 0 Å². The molecule has 0 radical (unpaired) electrons. The molecule has 4 N–H and O–H groups in total. The lowest BCUT2D eigenvalue weighted by atomic mass is 9.87. The van der Waals surface area contributed by atoms with Crippen molar-refractivity contribution in [1.82, 2.24) is 31.0 Å². The van der Waals surface area contributed by atoms with Gasteiger partial charge in [-0.25, -0.2) is 0 Å². The standard InChI is InChI=1S/C20H28N6O3/c1-29-14(10-21-19(27)15-6-2-4-12-8-23-25-17(12)15)11-22-20(28)16-7-3-5-13-9-24-26-18(13)16/h8-9,14-16H,2-7,10-11H2,1H3,(H,21,27)(H,22,28)(H,23,25)(H,24,26). The van der Waals surface area contributed by atoms with Gasteiger partial charge in [0.1, 0.15) is 0 Å². The first-order valence-electron chi connectivity index (χ1n) is 10.3. The lowest BCUT2D eigenvalue weighted by Crippen LogP contribution is -2.44. The number of rotatable bonds is 7. The number of ether oxygens (including phenoxy) is 1. The van der Waals surface area contributed by atoms with E-state index < -0.39 is 0 Å². The van der Waals surface area contributed by atoms with E-state index in [2.05, 4.69) is 31.0 Å². The van der Waals surface area contributed by atoms with Crippen molar-refractivity contribution in [2.24, 2.45) is 0 Å². The summed E-state index contributed by atoms with van der Waals surface area (Å²) in [4.78, 5) is 25.3. The van der Waals surface area contributed by atoms with Crippen LogP contribution in [0.15, 0.2) is 12.4 Å². The van der Waals surface area contributed by atoms with Crippen LogP contribution in [0.5, 0.6) is 0 Å². The van der Waals surface area contributed by atoms with Crippen molar-refractivity contribution in [3.63, 3.8) is 0 Å². The zero-order chi connectivity index (χ0) is 20.2. The third-order valence-corrected chi connectivity index (χ3v) is 6.05. The summed E-state index contributed by atoms with van der Waals surface area (Å²) in [6.07, 6.45) is 8.81. The molecule has 29 heavy (non-hydrogen) atoms. The van der Waals surface area contributed by atoms with Crippen LogP contribution in [0, 0.1) is 0 Å². The molecule has 0 spiro atoms. The second-order valence-electron chi connectivity index (χ2n) is 7.86. The fraction of sp³-hybridized carbons (Fsp3) is 0.600. The van der Waals surface area contributed by atoms with Crippen LogP contribution < -0.4 is 10.6 Å². The molecule has 2 amide bonds. The van der Waals surface area contributed by atoms with Gasteiger partial charge in [-0.2, -0.15) is 10.2 Å². The van der Waals surface area contributed by atoms with Crippen LogP contribution in [0.25, 0.3) is 0 Å². The molecule has 0 aliphatic heterocycles. The summed E-state index contributed by atoms with van der Waals surface area (Å²) in [6.45, 7) is 0.686. The number of hydrogen-bond donors (Lipinski definition) is 4. The predicted octanol–water partition coefficient (Wildman–Crippen LogP) is 0.920. The molecule has 0 fully saturated rings. The number of carbonyl (C=O) groups is 2. The van der Waals surface area contributed by atoms with Crippen molar-refractivity contribution in [3.8, 4) is 0 Å². The molecule has 9 heteroatoms. The van der Waals surface area contributed by atoms with E-state index in [0.29, 0.717) is 13.1 Å². The number of hydrogen-bond acceptors (Lipinski definition) is 5. The quantitative estimate of drug-likeness (QED) is 0.550. The highest BCUT2D eigenvalue weighted by Crippen LogP contribution is 2.30. The summed E-state index contributed by atoms with van der Waals surface area (Å²) >= 11 is 0. The molecular formula is C20H28N6O3. The summed E-state index contributed by atoms with van der Waals surface area (Å²) in [7, 11) is 1.59. The monoisotopic (exact) mass is 400 g/mol. The van der Waals surface area contributed by atoms with Gasteiger partial charge in [-0.05, 0) is 49.7 Å². The molecule has 0 aromatic carbocycles. The maximum atomic E-state index is 12.7. The van der Waals surface area contributed by atoms with Crippen LogP contribution in [0.4, 0.5) is 0 Å². The first-order chi connectivity index (χ1) is 14.2. The Labute approximate surface area is 169 Å². The van der Waals surface area contributed by atoms with Crippen LogP contribution in [0.3, 0.4) is 0 Å². The van der Waals surface area contributed by atoms with Crippen molar-refractivity contribution >= 4 is 11.8 Å². The first kappa shape index (κ1) is 19.6. The molecule has 2 aliphatic carbocycles. The lowest BCUT2D eigenvalue weighted by molar-refractivity contribution is -0.123. The largest absolute Gasteiger partial charge is 0.378 e. The average molecular weight is 400 g/mol. The van der Waals surface area contributed by atoms with E-state index in [9.17, 15) is 9.59 Å². The highest BCUT2D eigenvalue weighted by Gasteiger charge is 2.30. The number of aromatic nitrogens is 4. The molecule has 2 heterocycles. The van der Waals surface area contributed by atoms with E-state index in [1.54, 1.807) is 19.5 Å². The predicted molar refractivity (Wildman–Crippen MR) is 105 cm³/mol. The minimum atomic E-state index is -0.294. The van der Waals surface area contributed by atoms with Crippen molar-refractivity contribution in [2.75, 3.05) is 20.2 Å². The molecular weight excluding hydrogens is 372 g/mol. The van der Waals surface area contributed by atoms with Crippen LogP contribution in [0.1, 0.15) is 60.0 Å². The summed E-state index contributed by atoms with van der Waals surface area (Å²) < 4.78 is 5.46. The third-order valence-electron chi connectivity index (χ3n) is 6.05. The Balaban J connectivity index is 1.27. The summed E-state index contributed by atoms with van der Waals surface area (Å²) in [5.74, 6) is -0.459. The average Bonchev–Trinajstić information content (AvgIpc) is 3.42. The Hall–Kier alpha value is -2.68. The van der Waals surface area contributed by atoms with Crippen molar-refractivity contribution in [1.29, 1.82) is 0 Å². The fourth-order valence-electron chi connectivity index (χ4n) is 4.36. The zero-order valence-corrected chi connectivity index (χ0v) is 16.7.